The maximum atomic E-state index is 12.4. The van der Waals surface area contributed by atoms with Gasteiger partial charge in [0.05, 0.1) is 16.5 Å². The number of carboxylic acids is 1. The second-order valence-corrected chi connectivity index (χ2v) is 7.78. The molecule has 0 bridgehead atoms. The highest BCUT2D eigenvalue weighted by Gasteiger charge is 2.23. The Bertz CT molecular complexity index is 668. The molecule has 2 unspecified atom stereocenters. The van der Waals surface area contributed by atoms with Gasteiger partial charge in [0.1, 0.15) is 0 Å². The lowest BCUT2D eigenvalue weighted by molar-refractivity contribution is -0.141. The van der Waals surface area contributed by atoms with E-state index in [-0.39, 0.29) is 21.9 Å². The minimum absolute atomic E-state index is 0.154. The first-order valence-electron chi connectivity index (χ1n) is 8.04. The van der Waals surface area contributed by atoms with E-state index in [1.807, 2.05) is 20.8 Å². The Kier molecular flexibility index (Phi) is 6.99. The number of nitrogens with one attached hydrogen (secondary N) is 2. The van der Waals surface area contributed by atoms with Crippen molar-refractivity contribution in [1.29, 1.82) is 0 Å². The molecule has 0 fully saturated rings. The van der Waals surface area contributed by atoms with Crippen LogP contribution in [0.4, 0.5) is 5.69 Å². The third-order valence-electron chi connectivity index (χ3n) is 3.68. The van der Waals surface area contributed by atoms with Crippen molar-refractivity contribution in [3.63, 3.8) is 0 Å². The highest BCUT2D eigenvalue weighted by atomic mass is 35.5. The molecule has 6 nitrogen and oxygen atoms in total. The van der Waals surface area contributed by atoms with Crippen molar-refractivity contribution in [1.82, 2.24) is 5.32 Å². The molecule has 2 atom stereocenters. The third kappa shape index (κ3) is 6.74. The molecule has 0 saturated heterocycles. The van der Waals surface area contributed by atoms with Gasteiger partial charge in [-0.1, -0.05) is 32.4 Å². The van der Waals surface area contributed by atoms with Gasteiger partial charge in [-0.2, -0.15) is 0 Å². The van der Waals surface area contributed by atoms with Crippen molar-refractivity contribution >= 4 is 35.1 Å². The predicted molar refractivity (Wildman–Crippen MR) is 97.9 cm³/mol. The summed E-state index contributed by atoms with van der Waals surface area (Å²) in [5.74, 6) is -2.38. The summed E-state index contributed by atoms with van der Waals surface area (Å²) in [5.41, 5.74) is 0.487. The van der Waals surface area contributed by atoms with Crippen LogP contribution in [-0.4, -0.2) is 28.9 Å². The van der Waals surface area contributed by atoms with Crippen LogP contribution in [-0.2, 0) is 9.59 Å². The van der Waals surface area contributed by atoms with Crippen LogP contribution in [0.5, 0.6) is 0 Å². The van der Waals surface area contributed by atoms with Crippen LogP contribution >= 0.6 is 11.6 Å². The van der Waals surface area contributed by atoms with E-state index in [4.69, 9.17) is 16.7 Å². The quantitative estimate of drug-likeness (QED) is 0.715. The minimum atomic E-state index is -0.998. The molecule has 25 heavy (non-hydrogen) atoms. The van der Waals surface area contributed by atoms with Crippen LogP contribution in [0.15, 0.2) is 18.2 Å². The van der Waals surface area contributed by atoms with E-state index >= 15 is 0 Å². The number of anilines is 1. The molecule has 1 aromatic carbocycles. The normalized spacial score (nSPS) is 13.7. The number of carbonyl (C=O) groups excluding carboxylic acids is 2. The van der Waals surface area contributed by atoms with Crippen LogP contribution in [0.25, 0.3) is 0 Å². The number of amides is 2. The molecule has 1 rings (SSSR count). The Morgan fingerprint density at radius 1 is 1.20 bits per heavy atom. The molecule has 138 valence electrons. The monoisotopic (exact) mass is 368 g/mol. The predicted octanol–water partition coefficient (Wildman–Crippen LogP) is 3.55. The van der Waals surface area contributed by atoms with Crippen LogP contribution in [0.1, 0.15) is 51.4 Å². The first-order valence-corrected chi connectivity index (χ1v) is 8.41. The third-order valence-corrected chi connectivity index (χ3v) is 4.01. The van der Waals surface area contributed by atoms with E-state index in [1.54, 1.807) is 13.0 Å². The van der Waals surface area contributed by atoms with E-state index in [9.17, 15) is 14.4 Å². The first-order chi connectivity index (χ1) is 11.4. The average Bonchev–Trinajstić information content (AvgIpc) is 2.46. The number of hydrogen-bond donors (Lipinski definition) is 3. The van der Waals surface area contributed by atoms with Crippen molar-refractivity contribution in [3.05, 3.63) is 28.8 Å². The van der Waals surface area contributed by atoms with Gasteiger partial charge in [-0.3, -0.25) is 14.4 Å². The molecule has 0 radical (unpaired) electrons. The van der Waals surface area contributed by atoms with Gasteiger partial charge in [-0.25, -0.2) is 0 Å². The van der Waals surface area contributed by atoms with Crippen LogP contribution in [0.2, 0.25) is 5.02 Å². The lowest BCUT2D eigenvalue weighted by Crippen LogP contribution is -2.40. The molecular weight excluding hydrogens is 344 g/mol. The fourth-order valence-electron chi connectivity index (χ4n) is 2.09. The molecule has 0 aliphatic heterocycles. The summed E-state index contributed by atoms with van der Waals surface area (Å²) in [4.78, 5) is 35.4. The van der Waals surface area contributed by atoms with Gasteiger partial charge in [-0.15, -0.1) is 0 Å². The number of hydrogen-bond acceptors (Lipinski definition) is 3. The van der Waals surface area contributed by atoms with Crippen molar-refractivity contribution in [2.24, 2.45) is 11.3 Å². The summed E-state index contributed by atoms with van der Waals surface area (Å²) < 4.78 is 0. The summed E-state index contributed by atoms with van der Waals surface area (Å²) in [6.07, 6.45) is 0.338. The number of aliphatic carboxylic acids is 1. The zero-order valence-corrected chi connectivity index (χ0v) is 15.9. The second kappa shape index (κ2) is 8.34. The van der Waals surface area contributed by atoms with Gasteiger partial charge < -0.3 is 15.7 Å². The summed E-state index contributed by atoms with van der Waals surface area (Å²) in [6, 6.07) is 4.05. The molecule has 3 N–H and O–H groups in total. The van der Waals surface area contributed by atoms with E-state index in [2.05, 4.69) is 10.6 Å². The van der Waals surface area contributed by atoms with Gasteiger partial charge in [0.2, 0.25) is 5.91 Å². The van der Waals surface area contributed by atoms with E-state index in [0.29, 0.717) is 12.1 Å². The summed E-state index contributed by atoms with van der Waals surface area (Å²) in [5, 5.41) is 14.6. The van der Waals surface area contributed by atoms with Crippen molar-refractivity contribution in [2.75, 3.05) is 5.32 Å². The molecule has 0 saturated carbocycles. The Morgan fingerprint density at radius 2 is 1.80 bits per heavy atom. The number of carboxylic acid groups (broad SMARTS) is 1. The summed E-state index contributed by atoms with van der Waals surface area (Å²) >= 11 is 6.07. The largest absolute Gasteiger partial charge is 0.481 e. The molecule has 2 amide bonds. The van der Waals surface area contributed by atoms with E-state index in [0.717, 1.165) is 0 Å². The summed E-state index contributed by atoms with van der Waals surface area (Å²) in [7, 11) is 0. The summed E-state index contributed by atoms with van der Waals surface area (Å²) in [6.45, 7) is 8.99. The smallest absolute Gasteiger partial charge is 0.308 e. The topological polar surface area (TPSA) is 95.5 Å². The van der Waals surface area contributed by atoms with E-state index < -0.39 is 23.8 Å². The van der Waals surface area contributed by atoms with Gasteiger partial charge in [0.25, 0.3) is 5.91 Å². The van der Waals surface area contributed by atoms with Crippen molar-refractivity contribution in [3.8, 4) is 0 Å². The Labute approximate surface area is 152 Å². The Morgan fingerprint density at radius 3 is 2.32 bits per heavy atom. The van der Waals surface area contributed by atoms with Crippen molar-refractivity contribution in [2.45, 2.75) is 47.1 Å². The number of rotatable bonds is 6. The molecule has 0 aromatic heterocycles. The van der Waals surface area contributed by atoms with Gasteiger partial charge in [-0.05, 0) is 37.5 Å². The minimum Gasteiger partial charge on any atom is -0.481 e. The molecule has 7 heteroatoms. The average molecular weight is 369 g/mol. The van der Waals surface area contributed by atoms with Gasteiger partial charge in [0, 0.05) is 18.2 Å². The van der Waals surface area contributed by atoms with Gasteiger partial charge in [0.15, 0.2) is 0 Å². The number of halogens is 1. The fourth-order valence-corrected chi connectivity index (χ4v) is 2.29. The highest BCUT2D eigenvalue weighted by Crippen LogP contribution is 2.23. The lowest BCUT2D eigenvalue weighted by Gasteiger charge is -2.19. The highest BCUT2D eigenvalue weighted by molar-refractivity contribution is 6.34. The first kappa shape index (κ1) is 21.0. The van der Waals surface area contributed by atoms with Crippen LogP contribution < -0.4 is 10.6 Å². The van der Waals surface area contributed by atoms with Crippen LogP contribution in [0, 0.1) is 11.3 Å². The Balaban J connectivity index is 2.88. The SMILES string of the molecule is CC(NC(=O)c1cc(NC(=O)CC(C)(C)C)ccc1Cl)C(C)C(=O)O. The molecule has 0 aliphatic rings. The van der Waals surface area contributed by atoms with E-state index in [1.165, 1.54) is 19.1 Å². The molecule has 0 aliphatic carbocycles. The number of carbonyl (C=O) groups is 3. The fraction of sp³-hybridized carbons (Fsp3) is 0.500. The maximum absolute atomic E-state index is 12.4. The van der Waals surface area contributed by atoms with Gasteiger partial charge >= 0.3 is 5.97 Å². The molecule has 0 spiro atoms. The zero-order valence-electron chi connectivity index (χ0n) is 15.1. The molecule has 1 aromatic rings. The Hall–Kier alpha value is -2.08. The number of benzene rings is 1. The molecule has 0 heterocycles. The molecular formula is C18H25ClN2O4. The lowest BCUT2D eigenvalue weighted by atomic mass is 9.92. The maximum Gasteiger partial charge on any atom is 0.308 e. The van der Waals surface area contributed by atoms with Crippen LogP contribution in [0.3, 0.4) is 0 Å². The van der Waals surface area contributed by atoms with Crippen molar-refractivity contribution < 1.29 is 19.5 Å². The standard InChI is InChI=1S/C18H25ClN2O4/c1-10(17(24)25)11(2)20-16(23)13-8-12(6-7-14(13)19)21-15(22)9-18(3,4)5/h6-8,10-11H,9H2,1-5H3,(H,20,23)(H,21,22)(H,24,25). The second-order valence-electron chi connectivity index (χ2n) is 7.37. The zero-order chi connectivity index (χ0) is 19.4.